The number of anilines is 3. The van der Waals surface area contributed by atoms with Crippen LogP contribution < -0.4 is 10.6 Å². The molecule has 110 valence electrons. The number of amides is 1. The number of halogens is 2. The van der Waals surface area contributed by atoms with Crippen LogP contribution in [0.15, 0.2) is 42.5 Å². The van der Waals surface area contributed by atoms with Crippen molar-refractivity contribution in [2.45, 2.75) is 13.8 Å². The molecule has 2 aromatic carbocycles. The van der Waals surface area contributed by atoms with Crippen molar-refractivity contribution in [1.82, 2.24) is 0 Å². The van der Waals surface area contributed by atoms with Crippen LogP contribution in [0.4, 0.5) is 25.8 Å². The monoisotopic (exact) mass is 290 g/mol. The molecule has 21 heavy (non-hydrogen) atoms. The van der Waals surface area contributed by atoms with Gasteiger partial charge in [0.15, 0.2) is 0 Å². The van der Waals surface area contributed by atoms with Crippen molar-refractivity contribution in [2.24, 2.45) is 5.92 Å². The molecule has 0 aliphatic carbocycles. The van der Waals surface area contributed by atoms with Crippen LogP contribution in [0.5, 0.6) is 0 Å². The van der Waals surface area contributed by atoms with Gasteiger partial charge in [0, 0.05) is 17.3 Å². The fourth-order valence-electron chi connectivity index (χ4n) is 1.69. The molecule has 5 heteroatoms. The first-order valence-corrected chi connectivity index (χ1v) is 6.59. The van der Waals surface area contributed by atoms with Gasteiger partial charge < -0.3 is 10.6 Å². The van der Waals surface area contributed by atoms with Crippen LogP contribution in [0.25, 0.3) is 0 Å². The molecule has 3 nitrogen and oxygen atoms in total. The van der Waals surface area contributed by atoms with Crippen LogP contribution in [0, 0.1) is 17.6 Å². The van der Waals surface area contributed by atoms with Crippen LogP contribution in [-0.2, 0) is 4.79 Å². The minimum absolute atomic E-state index is 0.0872. The highest BCUT2D eigenvalue weighted by Crippen LogP contribution is 2.24. The van der Waals surface area contributed by atoms with Gasteiger partial charge in [0.25, 0.3) is 0 Å². The molecule has 0 bridgehead atoms. The van der Waals surface area contributed by atoms with E-state index in [1.807, 2.05) is 0 Å². The summed E-state index contributed by atoms with van der Waals surface area (Å²) in [6.45, 7) is 3.60. The lowest BCUT2D eigenvalue weighted by atomic mass is 10.2. The van der Waals surface area contributed by atoms with E-state index in [0.717, 1.165) is 0 Å². The average Bonchev–Trinajstić information content (AvgIpc) is 2.44. The summed E-state index contributed by atoms with van der Waals surface area (Å²) in [5, 5.41) is 5.42. The Morgan fingerprint density at radius 2 is 1.48 bits per heavy atom. The lowest BCUT2D eigenvalue weighted by Gasteiger charge is -2.11. The Bertz CT molecular complexity index is 619. The maximum Gasteiger partial charge on any atom is 0.226 e. The third-order valence-electron chi connectivity index (χ3n) is 2.91. The number of hydrogen-bond acceptors (Lipinski definition) is 2. The molecular formula is C16H16F2N2O. The number of para-hydroxylation sites is 1. The molecule has 0 heterocycles. The highest BCUT2D eigenvalue weighted by Gasteiger charge is 2.09. The number of benzene rings is 2. The summed E-state index contributed by atoms with van der Waals surface area (Å²) in [7, 11) is 0. The summed E-state index contributed by atoms with van der Waals surface area (Å²) in [5.74, 6) is -1.52. The maximum atomic E-state index is 13.5. The van der Waals surface area contributed by atoms with Gasteiger partial charge in [-0.15, -0.1) is 0 Å². The molecule has 0 unspecified atom stereocenters. The van der Waals surface area contributed by atoms with Gasteiger partial charge >= 0.3 is 0 Å². The largest absolute Gasteiger partial charge is 0.351 e. The molecule has 0 saturated heterocycles. The molecule has 0 aliphatic rings. The van der Waals surface area contributed by atoms with Crippen molar-refractivity contribution in [1.29, 1.82) is 0 Å². The van der Waals surface area contributed by atoms with Crippen molar-refractivity contribution in [3.05, 3.63) is 54.1 Å². The minimum atomic E-state index is -0.660. The summed E-state index contributed by atoms with van der Waals surface area (Å²) in [6.07, 6.45) is 0. The number of hydrogen-bond donors (Lipinski definition) is 2. The predicted octanol–water partition coefficient (Wildman–Crippen LogP) is 4.30. The number of carbonyl (C=O) groups is 1. The zero-order chi connectivity index (χ0) is 15.4. The first-order chi connectivity index (χ1) is 9.97. The standard InChI is InChI=1S/C16H16F2N2O/c1-10(2)16(21)20-12-8-6-11(7-9-12)19-15-13(17)4-3-5-14(15)18/h3-10,19H,1-2H3,(H,20,21). The van der Waals surface area contributed by atoms with E-state index in [9.17, 15) is 13.6 Å². The molecule has 0 atom stereocenters. The van der Waals surface area contributed by atoms with E-state index >= 15 is 0 Å². The summed E-state index contributed by atoms with van der Waals surface area (Å²) >= 11 is 0. The van der Waals surface area contributed by atoms with Crippen LogP contribution in [0.1, 0.15) is 13.8 Å². The van der Waals surface area contributed by atoms with Crippen molar-refractivity contribution in [2.75, 3.05) is 10.6 Å². The Hall–Kier alpha value is -2.43. The molecule has 1 amide bonds. The Kier molecular flexibility index (Phi) is 4.52. The summed E-state index contributed by atoms with van der Waals surface area (Å²) in [5.41, 5.74) is 0.964. The highest BCUT2D eigenvalue weighted by atomic mass is 19.1. The van der Waals surface area contributed by atoms with Gasteiger partial charge in [-0.05, 0) is 36.4 Å². The number of rotatable bonds is 4. The molecule has 0 saturated carbocycles. The number of carbonyl (C=O) groups excluding carboxylic acids is 1. The molecule has 2 N–H and O–H groups in total. The van der Waals surface area contributed by atoms with Crippen molar-refractivity contribution < 1.29 is 13.6 Å². The van der Waals surface area contributed by atoms with Crippen molar-refractivity contribution in [3.8, 4) is 0 Å². The Balaban J connectivity index is 2.11. The normalized spacial score (nSPS) is 10.5. The van der Waals surface area contributed by atoms with E-state index < -0.39 is 11.6 Å². The first-order valence-electron chi connectivity index (χ1n) is 6.59. The molecule has 2 rings (SSSR count). The van der Waals surface area contributed by atoms with Gasteiger partial charge in [0.2, 0.25) is 5.91 Å². The molecule has 0 aromatic heterocycles. The van der Waals surface area contributed by atoms with Crippen LogP contribution in [-0.4, -0.2) is 5.91 Å². The topological polar surface area (TPSA) is 41.1 Å². The van der Waals surface area contributed by atoms with Gasteiger partial charge in [0.05, 0.1) is 0 Å². The second-order valence-corrected chi connectivity index (χ2v) is 4.94. The van der Waals surface area contributed by atoms with Gasteiger partial charge in [-0.25, -0.2) is 8.78 Å². The fourth-order valence-corrected chi connectivity index (χ4v) is 1.69. The lowest BCUT2D eigenvalue weighted by molar-refractivity contribution is -0.118. The lowest BCUT2D eigenvalue weighted by Crippen LogP contribution is -2.17. The number of nitrogens with one attached hydrogen (secondary N) is 2. The molecule has 2 aromatic rings. The minimum Gasteiger partial charge on any atom is -0.351 e. The zero-order valence-corrected chi connectivity index (χ0v) is 11.8. The molecule has 0 spiro atoms. The second kappa shape index (κ2) is 6.35. The SMILES string of the molecule is CC(C)C(=O)Nc1ccc(Nc2c(F)cccc2F)cc1. The molecule has 0 radical (unpaired) electrons. The Morgan fingerprint density at radius 1 is 0.952 bits per heavy atom. The second-order valence-electron chi connectivity index (χ2n) is 4.94. The Morgan fingerprint density at radius 3 is 2.00 bits per heavy atom. The van der Waals surface area contributed by atoms with Gasteiger partial charge in [-0.2, -0.15) is 0 Å². The third-order valence-corrected chi connectivity index (χ3v) is 2.91. The van der Waals surface area contributed by atoms with E-state index in [4.69, 9.17) is 0 Å². The third kappa shape index (κ3) is 3.78. The predicted molar refractivity (Wildman–Crippen MR) is 79.6 cm³/mol. The van der Waals surface area contributed by atoms with Gasteiger partial charge in [0.1, 0.15) is 17.3 Å². The maximum absolute atomic E-state index is 13.5. The highest BCUT2D eigenvalue weighted by molar-refractivity contribution is 5.92. The Labute approximate surface area is 122 Å². The quantitative estimate of drug-likeness (QED) is 0.881. The van der Waals surface area contributed by atoms with Crippen LogP contribution >= 0.6 is 0 Å². The first kappa shape index (κ1) is 15.0. The summed E-state index contributed by atoms with van der Waals surface area (Å²) in [4.78, 5) is 11.6. The zero-order valence-electron chi connectivity index (χ0n) is 11.8. The van der Waals surface area contributed by atoms with Gasteiger partial charge in [-0.1, -0.05) is 19.9 Å². The summed E-state index contributed by atoms with van der Waals surface area (Å²) in [6, 6.07) is 10.3. The van der Waals surface area contributed by atoms with E-state index in [2.05, 4.69) is 10.6 Å². The van der Waals surface area contributed by atoms with Crippen LogP contribution in [0.3, 0.4) is 0 Å². The van der Waals surface area contributed by atoms with Crippen molar-refractivity contribution >= 4 is 23.0 Å². The van der Waals surface area contributed by atoms with E-state index in [-0.39, 0.29) is 17.5 Å². The molecular weight excluding hydrogens is 274 g/mol. The van der Waals surface area contributed by atoms with E-state index in [1.54, 1.807) is 38.1 Å². The van der Waals surface area contributed by atoms with E-state index in [0.29, 0.717) is 11.4 Å². The molecule has 0 aliphatic heterocycles. The van der Waals surface area contributed by atoms with E-state index in [1.165, 1.54) is 18.2 Å². The average molecular weight is 290 g/mol. The van der Waals surface area contributed by atoms with Crippen molar-refractivity contribution in [3.63, 3.8) is 0 Å². The fraction of sp³-hybridized carbons (Fsp3) is 0.188. The molecule has 0 fully saturated rings. The van der Waals surface area contributed by atoms with Gasteiger partial charge in [-0.3, -0.25) is 4.79 Å². The summed E-state index contributed by atoms with van der Waals surface area (Å²) < 4.78 is 27.0. The van der Waals surface area contributed by atoms with Crippen LogP contribution in [0.2, 0.25) is 0 Å². The smallest absolute Gasteiger partial charge is 0.226 e.